The molecule has 0 spiro atoms. The van der Waals surface area contributed by atoms with Gasteiger partial charge in [0.1, 0.15) is 13.2 Å². The van der Waals surface area contributed by atoms with Crippen LogP contribution in [0.2, 0.25) is 0 Å². The van der Waals surface area contributed by atoms with E-state index in [-0.39, 0.29) is 38.4 Å². The van der Waals surface area contributed by atoms with Crippen LogP contribution < -0.4 is 0 Å². The molecule has 0 aliphatic heterocycles. The Hall–Kier alpha value is -6.53. The molecule has 0 aromatic carbocycles. The second-order valence-corrected chi connectivity index (χ2v) is 19.1. The minimum atomic E-state index is -0.897. The highest BCUT2D eigenvalue weighted by molar-refractivity contribution is 5.72. The maximum atomic E-state index is 12.8. The topological polar surface area (TPSA) is 78.9 Å². The largest absolute Gasteiger partial charge is 0.462 e. The fourth-order valence-corrected chi connectivity index (χ4v) is 7.23. The Labute approximate surface area is 494 Å². The molecule has 0 aromatic heterocycles. The first kappa shape index (κ1) is 74.5. The van der Waals surface area contributed by atoms with Crippen LogP contribution in [0, 0.1) is 0 Å². The van der Waals surface area contributed by atoms with Gasteiger partial charge in [-0.1, -0.05) is 271 Å². The van der Waals surface area contributed by atoms with E-state index >= 15 is 0 Å². The number of esters is 3. The van der Waals surface area contributed by atoms with E-state index in [0.29, 0.717) is 12.8 Å². The molecular formula is C75H108O6. The average Bonchev–Trinajstić information content (AvgIpc) is 3.47. The lowest BCUT2D eigenvalue weighted by atomic mass is 10.1. The van der Waals surface area contributed by atoms with Gasteiger partial charge in [-0.05, 0) is 141 Å². The molecule has 0 bridgehead atoms. The lowest BCUT2D eigenvalue weighted by molar-refractivity contribution is -0.166. The van der Waals surface area contributed by atoms with Crippen molar-refractivity contribution in [2.75, 3.05) is 13.2 Å². The van der Waals surface area contributed by atoms with Crippen LogP contribution in [-0.2, 0) is 28.6 Å². The van der Waals surface area contributed by atoms with Crippen molar-refractivity contribution in [1.82, 2.24) is 0 Å². The van der Waals surface area contributed by atoms with Crippen LogP contribution >= 0.6 is 0 Å². The molecule has 0 aliphatic carbocycles. The summed E-state index contributed by atoms with van der Waals surface area (Å²) in [6.45, 7) is 6.07. The molecule has 0 saturated carbocycles. The zero-order chi connectivity index (χ0) is 58.5. The Bertz CT molecular complexity index is 2090. The predicted octanol–water partition coefficient (Wildman–Crippen LogP) is 21.5. The van der Waals surface area contributed by atoms with Gasteiger partial charge in [0, 0.05) is 6.42 Å². The van der Waals surface area contributed by atoms with E-state index in [1.807, 2.05) is 12.2 Å². The first-order valence-corrected chi connectivity index (χ1v) is 30.9. The fraction of sp³-hybridized carbons (Fsp3) is 0.453. The first-order chi connectivity index (χ1) is 40.0. The molecule has 0 N–H and O–H groups in total. The Morgan fingerprint density at radius 3 is 0.802 bits per heavy atom. The molecule has 0 amide bonds. The standard InChI is InChI=1S/C75H108O6/c1-4-7-10-13-16-19-22-25-28-29-30-31-32-33-34-35-36-37-38-39-40-41-42-43-44-45-48-50-53-56-59-62-65-68-74(77)80-71-72(81-75(78)69-66-63-60-57-54-51-47-27-24-21-18-15-12-9-6-3)70-79-73(76)67-64-61-58-55-52-49-46-26-23-20-17-14-11-8-5-2/h7-12,16-21,25-28,30-31,33-34,36-37,39-40,42-43,45-48,52,54-55,57,61,63-64,66,72H,4-6,13-15,22-24,29,32,35,38,41,44,49-51,53,56,58-60,62,65,67-71H2,1-3H3/b10-7-,11-8-,12-9-,19-16-,20-17-,21-18-,28-25-,31-30-,34-33-,37-36-,40-39-,43-42-,46-26-,47-27-,48-45-,55-52-,57-54-,64-61-,66-63-. The van der Waals surface area contributed by atoms with Crippen LogP contribution in [0.1, 0.15) is 201 Å². The average molecular weight is 1110 g/mol. The van der Waals surface area contributed by atoms with Crippen molar-refractivity contribution in [3.05, 3.63) is 231 Å². The lowest BCUT2D eigenvalue weighted by Crippen LogP contribution is -2.30. The van der Waals surface area contributed by atoms with Crippen molar-refractivity contribution in [3.8, 4) is 0 Å². The fourth-order valence-electron chi connectivity index (χ4n) is 7.23. The van der Waals surface area contributed by atoms with Gasteiger partial charge in [-0.2, -0.15) is 0 Å². The highest BCUT2D eigenvalue weighted by atomic mass is 16.6. The molecular weight excluding hydrogens is 997 g/mol. The zero-order valence-electron chi connectivity index (χ0n) is 50.7. The number of allylic oxidation sites excluding steroid dienone is 36. The number of hydrogen-bond acceptors (Lipinski definition) is 6. The van der Waals surface area contributed by atoms with Gasteiger partial charge in [0.15, 0.2) is 6.10 Å². The maximum Gasteiger partial charge on any atom is 0.310 e. The van der Waals surface area contributed by atoms with Gasteiger partial charge in [-0.3, -0.25) is 14.4 Å². The van der Waals surface area contributed by atoms with E-state index in [9.17, 15) is 14.4 Å². The van der Waals surface area contributed by atoms with Crippen LogP contribution in [0.15, 0.2) is 231 Å². The Balaban J connectivity index is 4.52. The second-order valence-electron chi connectivity index (χ2n) is 19.1. The number of carbonyl (C=O) groups is 3. The SMILES string of the molecule is CC/C=C\C/C=C\C/C=C\C/C=C\C/C=C\C/C=C\C/C=C\C/C=C\C/C=C\CCCCCCCC(=O)OCC(COC(=O)C/C=C\C/C=C\C/C=C\C/C=C\C/C=C\CC)OC(=O)C/C=C\C/C=C\C/C=C\C/C=C\C/C=C\CC. The third kappa shape index (κ3) is 64.2. The van der Waals surface area contributed by atoms with E-state index < -0.39 is 18.0 Å². The Morgan fingerprint density at radius 1 is 0.259 bits per heavy atom. The highest BCUT2D eigenvalue weighted by Gasteiger charge is 2.19. The van der Waals surface area contributed by atoms with Gasteiger partial charge in [0.2, 0.25) is 0 Å². The van der Waals surface area contributed by atoms with Gasteiger partial charge >= 0.3 is 17.9 Å². The number of carbonyl (C=O) groups excluding carboxylic acids is 3. The molecule has 1 unspecified atom stereocenters. The maximum absolute atomic E-state index is 12.8. The smallest absolute Gasteiger partial charge is 0.310 e. The Morgan fingerprint density at radius 2 is 0.494 bits per heavy atom. The van der Waals surface area contributed by atoms with Crippen LogP contribution in [0.3, 0.4) is 0 Å². The number of rotatable bonds is 52. The summed E-state index contributed by atoms with van der Waals surface area (Å²) in [5, 5.41) is 0. The molecule has 0 radical (unpaired) electrons. The molecule has 6 nitrogen and oxygen atoms in total. The first-order valence-electron chi connectivity index (χ1n) is 30.9. The van der Waals surface area contributed by atoms with Crippen molar-refractivity contribution in [2.45, 2.75) is 207 Å². The van der Waals surface area contributed by atoms with Crippen molar-refractivity contribution < 1.29 is 28.6 Å². The van der Waals surface area contributed by atoms with Gasteiger partial charge in [-0.15, -0.1) is 0 Å². The summed E-state index contributed by atoms with van der Waals surface area (Å²) in [5.41, 5.74) is 0. The lowest BCUT2D eigenvalue weighted by Gasteiger charge is -2.17. The predicted molar refractivity (Wildman–Crippen MR) is 352 cm³/mol. The third-order valence-corrected chi connectivity index (χ3v) is 11.7. The minimum Gasteiger partial charge on any atom is -0.462 e. The summed E-state index contributed by atoms with van der Waals surface area (Å²) in [6, 6.07) is 0. The van der Waals surface area contributed by atoms with Gasteiger partial charge in [-0.25, -0.2) is 0 Å². The van der Waals surface area contributed by atoms with E-state index in [0.717, 1.165) is 148 Å². The molecule has 81 heavy (non-hydrogen) atoms. The summed E-state index contributed by atoms with van der Waals surface area (Å²) in [7, 11) is 0. The van der Waals surface area contributed by atoms with E-state index in [4.69, 9.17) is 14.2 Å². The van der Waals surface area contributed by atoms with Gasteiger partial charge in [0.05, 0.1) is 12.8 Å². The van der Waals surface area contributed by atoms with Crippen LogP contribution in [0.25, 0.3) is 0 Å². The molecule has 1 atom stereocenters. The number of ether oxygens (including phenoxy) is 3. The van der Waals surface area contributed by atoms with Crippen molar-refractivity contribution >= 4 is 17.9 Å². The molecule has 0 fully saturated rings. The summed E-state index contributed by atoms with van der Waals surface area (Å²) in [4.78, 5) is 38.1. The third-order valence-electron chi connectivity index (χ3n) is 11.7. The molecule has 0 heterocycles. The summed E-state index contributed by atoms with van der Waals surface area (Å²) in [6.07, 6.45) is 105. The molecule has 0 saturated heterocycles. The molecule has 0 rings (SSSR count). The van der Waals surface area contributed by atoms with Crippen LogP contribution in [0.5, 0.6) is 0 Å². The molecule has 0 aromatic rings. The quantitative estimate of drug-likeness (QED) is 0.0261. The van der Waals surface area contributed by atoms with E-state index in [2.05, 4.69) is 227 Å². The number of hydrogen-bond donors (Lipinski definition) is 0. The Kier molecular flexibility index (Phi) is 60.7. The van der Waals surface area contributed by atoms with Crippen LogP contribution in [0.4, 0.5) is 0 Å². The number of unbranched alkanes of at least 4 members (excludes halogenated alkanes) is 5. The molecule has 444 valence electrons. The van der Waals surface area contributed by atoms with E-state index in [1.165, 1.54) is 0 Å². The zero-order valence-corrected chi connectivity index (χ0v) is 50.7. The normalized spacial score (nSPS) is 13.8. The van der Waals surface area contributed by atoms with Crippen LogP contribution in [-0.4, -0.2) is 37.2 Å². The van der Waals surface area contributed by atoms with E-state index in [1.54, 1.807) is 12.2 Å². The van der Waals surface area contributed by atoms with Crippen molar-refractivity contribution in [3.63, 3.8) is 0 Å². The minimum absolute atomic E-state index is 0.0594. The van der Waals surface area contributed by atoms with Gasteiger partial charge < -0.3 is 14.2 Å². The molecule has 0 aliphatic rings. The summed E-state index contributed by atoms with van der Waals surface area (Å²) >= 11 is 0. The summed E-state index contributed by atoms with van der Waals surface area (Å²) < 4.78 is 16.6. The highest BCUT2D eigenvalue weighted by Crippen LogP contribution is 2.10. The summed E-state index contributed by atoms with van der Waals surface area (Å²) in [5.74, 6) is -1.27. The second kappa shape index (κ2) is 66.0. The van der Waals surface area contributed by atoms with Crippen molar-refractivity contribution in [1.29, 1.82) is 0 Å². The van der Waals surface area contributed by atoms with Gasteiger partial charge in [0.25, 0.3) is 0 Å². The van der Waals surface area contributed by atoms with Crippen molar-refractivity contribution in [2.24, 2.45) is 0 Å². The molecule has 6 heteroatoms. The monoisotopic (exact) mass is 1100 g/mol.